The molecule has 0 saturated heterocycles. The van der Waals surface area contributed by atoms with Crippen LogP contribution >= 0.6 is 38.9 Å². The summed E-state index contributed by atoms with van der Waals surface area (Å²) in [7, 11) is 4.43. The standard InChI is InChI=1S/C26H24BrClN2O7S/c1-6-37-25(33)21-12(2)29-26-30(22(21)14-10-17(34-3)18(35-4)11-15(14)27)24(32)20(38-26)9-13-7-16(28)23(31)19(8-13)36-5/h7-11,22,31H,6H2,1-5H3/b20-9-/t22-/m0/s1. The van der Waals surface area contributed by atoms with Crippen molar-refractivity contribution in [1.29, 1.82) is 0 Å². The van der Waals surface area contributed by atoms with E-state index in [1.165, 1.54) is 32.0 Å². The molecule has 1 aliphatic heterocycles. The number of carbonyl (C=O) groups excluding carboxylic acids is 1. The van der Waals surface area contributed by atoms with E-state index in [0.717, 1.165) is 11.3 Å². The van der Waals surface area contributed by atoms with Gasteiger partial charge in [-0.3, -0.25) is 9.36 Å². The molecule has 1 aliphatic rings. The highest BCUT2D eigenvalue weighted by Crippen LogP contribution is 2.41. The molecule has 2 heterocycles. The number of halogens is 2. The van der Waals surface area contributed by atoms with Gasteiger partial charge in [-0.25, -0.2) is 9.79 Å². The third-order valence-electron chi connectivity index (χ3n) is 5.88. The Labute approximate surface area is 235 Å². The van der Waals surface area contributed by atoms with Gasteiger partial charge in [0.15, 0.2) is 27.8 Å². The summed E-state index contributed by atoms with van der Waals surface area (Å²) in [6.07, 6.45) is 1.63. The van der Waals surface area contributed by atoms with Crippen molar-refractivity contribution in [2.45, 2.75) is 19.9 Å². The summed E-state index contributed by atoms with van der Waals surface area (Å²) in [5.74, 6) is 0.304. The van der Waals surface area contributed by atoms with Gasteiger partial charge in [0.2, 0.25) is 0 Å². The van der Waals surface area contributed by atoms with Crippen LogP contribution in [-0.4, -0.2) is 43.6 Å². The third-order valence-corrected chi connectivity index (χ3v) is 7.84. The van der Waals surface area contributed by atoms with E-state index in [9.17, 15) is 14.7 Å². The van der Waals surface area contributed by atoms with Gasteiger partial charge in [-0.05, 0) is 55.3 Å². The van der Waals surface area contributed by atoms with Gasteiger partial charge in [-0.2, -0.15) is 0 Å². The number of aromatic hydroxyl groups is 1. The van der Waals surface area contributed by atoms with Gasteiger partial charge >= 0.3 is 5.97 Å². The number of hydrogen-bond acceptors (Lipinski definition) is 9. The van der Waals surface area contributed by atoms with E-state index < -0.39 is 12.0 Å². The molecule has 3 aromatic rings. The summed E-state index contributed by atoms with van der Waals surface area (Å²) >= 11 is 10.9. The van der Waals surface area contributed by atoms with Crippen LogP contribution in [0.4, 0.5) is 0 Å². The molecule has 0 unspecified atom stereocenters. The van der Waals surface area contributed by atoms with Crippen LogP contribution in [0.25, 0.3) is 6.08 Å². The number of benzene rings is 2. The van der Waals surface area contributed by atoms with Crippen molar-refractivity contribution in [1.82, 2.24) is 4.57 Å². The number of ether oxygens (including phenoxy) is 4. The number of thiazole rings is 1. The molecule has 0 bridgehead atoms. The summed E-state index contributed by atoms with van der Waals surface area (Å²) in [5, 5.41) is 10.2. The van der Waals surface area contributed by atoms with Crippen molar-refractivity contribution < 1.29 is 28.8 Å². The van der Waals surface area contributed by atoms with Crippen molar-refractivity contribution in [2.24, 2.45) is 4.99 Å². The first kappa shape index (κ1) is 27.7. The second kappa shape index (κ2) is 11.2. The van der Waals surface area contributed by atoms with Crippen LogP contribution in [0, 0.1) is 0 Å². The average molecular weight is 624 g/mol. The smallest absolute Gasteiger partial charge is 0.338 e. The molecule has 12 heteroatoms. The zero-order valence-corrected chi connectivity index (χ0v) is 24.3. The summed E-state index contributed by atoms with van der Waals surface area (Å²) in [5.41, 5.74) is 1.41. The molecule has 38 heavy (non-hydrogen) atoms. The van der Waals surface area contributed by atoms with E-state index in [4.69, 9.17) is 30.5 Å². The maximum atomic E-state index is 13.9. The molecule has 0 spiro atoms. The molecule has 1 atom stereocenters. The first-order chi connectivity index (χ1) is 18.1. The number of aromatic nitrogens is 1. The van der Waals surface area contributed by atoms with Crippen LogP contribution in [0.3, 0.4) is 0 Å². The fourth-order valence-corrected chi connectivity index (χ4v) is 5.95. The van der Waals surface area contributed by atoms with Crippen LogP contribution < -0.4 is 29.1 Å². The lowest BCUT2D eigenvalue weighted by molar-refractivity contribution is -0.139. The molecule has 2 aromatic carbocycles. The molecule has 200 valence electrons. The minimum atomic E-state index is -0.862. The highest BCUT2D eigenvalue weighted by Gasteiger charge is 2.35. The van der Waals surface area contributed by atoms with Gasteiger partial charge in [0.1, 0.15) is 0 Å². The molecule has 0 amide bonds. The monoisotopic (exact) mass is 622 g/mol. The summed E-state index contributed by atoms with van der Waals surface area (Å²) in [6.45, 7) is 3.57. The molecule has 4 rings (SSSR count). The number of allylic oxidation sites excluding steroid dienone is 1. The van der Waals surface area contributed by atoms with Gasteiger partial charge < -0.3 is 24.1 Å². The maximum absolute atomic E-state index is 13.9. The van der Waals surface area contributed by atoms with Crippen molar-refractivity contribution in [3.05, 3.63) is 75.8 Å². The Morgan fingerprint density at radius 2 is 1.82 bits per heavy atom. The third kappa shape index (κ3) is 4.93. The number of nitrogens with zero attached hydrogens (tertiary/aromatic N) is 2. The van der Waals surface area contributed by atoms with Crippen molar-refractivity contribution in [2.75, 3.05) is 27.9 Å². The molecular weight excluding hydrogens is 600 g/mol. The summed E-state index contributed by atoms with van der Waals surface area (Å²) < 4.78 is 23.8. The molecule has 1 N–H and O–H groups in total. The Balaban J connectivity index is 2.01. The molecule has 0 saturated carbocycles. The van der Waals surface area contributed by atoms with Crippen LogP contribution in [0.15, 0.2) is 49.8 Å². The van der Waals surface area contributed by atoms with E-state index in [-0.39, 0.29) is 34.3 Å². The largest absolute Gasteiger partial charge is 0.503 e. The van der Waals surface area contributed by atoms with Gasteiger partial charge in [-0.15, -0.1) is 0 Å². The lowest BCUT2D eigenvalue weighted by Gasteiger charge is -2.26. The van der Waals surface area contributed by atoms with Crippen molar-refractivity contribution in [3.63, 3.8) is 0 Å². The van der Waals surface area contributed by atoms with Gasteiger partial charge in [-0.1, -0.05) is 38.9 Å². The van der Waals surface area contributed by atoms with E-state index in [2.05, 4.69) is 20.9 Å². The molecule has 0 aliphatic carbocycles. The number of phenols is 1. The van der Waals surface area contributed by atoms with Crippen LogP contribution in [-0.2, 0) is 9.53 Å². The average Bonchev–Trinajstić information content (AvgIpc) is 3.19. The minimum absolute atomic E-state index is 0.0796. The molecule has 0 fully saturated rings. The topological polar surface area (TPSA) is 109 Å². The number of phenolic OH excluding ortho intramolecular Hbond substituents is 1. The molecule has 0 radical (unpaired) electrons. The molecule has 1 aromatic heterocycles. The Hall–Kier alpha value is -3.28. The predicted molar refractivity (Wildman–Crippen MR) is 147 cm³/mol. The normalized spacial score (nSPS) is 15.1. The predicted octanol–water partition coefficient (Wildman–Crippen LogP) is 3.95. The SMILES string of the molecule is CCOC(=O)C1=C(C)N=c2s/c(=C\c3cc(Cl)c(O)c(OC)c3)c(=O)n2[C@H]1c1cc(OC)c(OC)cc1Br. The lowest BCUT2D eigenvalue weighted by atomic mass is 9.95. The molecule has 9 nitrogen and oxygen atoms in total. The lowest BCUT2D eigenvalue weighted by Crippen LogP contribution is -2.40. The number of carbonyl (C=O) groups is 1. The highest BCUT2D eigenvalue weighted by molar-refractivity contribution is 9.10. The van der Waals surface area contributed by atoms with Crippen LogP contribution in [0.1, 0.15) is 31.0 Å². The maximum Gasteiger partial charge on any atom is 0.338 e. The second-order valence-electron chi connectivity index (χ2n) is 8.08. The van der Waals surface area contributed by atoms with Gasteiger partial charge in [0.25, 0.3) is 5.56 Å². The summed E-state index contributed by atoms with van der Waals surface area (Å²) in [6, 6.07) is 5.66. The Kier molecular flexibility index (Phi) is 8.19. The quantitative estimate of drug-likeness (QED) is 0.397. The Bertz CT molecular complexity index is 1640. The van der Waals surface area contributed by atoms with E-state index in [1.807, 2.05) is 0 Å². The molecular formula is C26H24BrClN2O7S. The minimum Gasteiger partial charge on any atom is -0.503 e. The number of esters is 1. The van der Waals surface area contributed by atoms with E-state index in [0.29, 0.717) is 42.1 Å². The fraction of sp³-hybridized carbons (Fsp3) is 0.269. The van der Waals surface area contributed by atoms with Crippen LogP contribution in [0.2, 0.25) is 5.02 Å². The number of rotatable bonds is 7. The summed E-state index contributed by atoms with van der Waals surface area (Å²) in [4.78, 5) is 32.0. The highest BCUT2D eigenvalue weighted by atomic mass is 79.9. The first-order valence-corrected chi connectivity index (χ1v) is 13.3. The fourth-order valence-electron chi connectivity index (χ4n) is 4.15. The van der Waals surface area contributed by atoms with Gasteiger partial charge in [0.05, 0.1) is 54.8 Å². The Morgan fingerprint density at radius 1 is 1.16 bits per heavy atom. The zero-order chi connectivity index (χ0) is 27.7. The number of fused-ring (bicyclic) bond motifs is 1. The first-order valence-electron chi connectivity index (χ1n) is 11.3. The second-order valence-corrected chi connectivity index (χ2v) is 10.4. The van der Waals surface area contributed by atoms with Crippen molar-refractivity contribution in [3.8, 4) is 23.0 Å². The number of methoxy groups -OCH3 is 3. The zero-order valence-electron chi connectivity index (χ0n) is 21.1. The van der Waals surface area contributed by atoms with E-state index in [1.54, 1.807) is 38.1 Å². The van der Waals surface area contributed by atoms with E-state index >= 15 is 0 Å². The van der Waals surface area contributed by atoms with Crippen LogP contribution in [0.5, 0.6) is 23.0 Å². The number of hydrogen-bond donors (Lipinski definition) is 1. The Morgan fingerprint density at radius 3 is 2.45 bits per heavy atom. The van der Waals surface area contributed by atoms with Gasteiger partial charge in [0, 0.05) is 4.47 Å². The van der Waals surface area contributed by atoms with Crippen molar-refractivity contribution >= 4 is 50.9 Å².